The monoisotopic (exact) mass is 361 g/mol. The first kappa shape index (κ1) is 14.5. The van der Waals surface area contributed by atoms with Crippen molar-refractivity contribution in [1.82, 2.24) is 10.6 Å². The summed E-state index contributed by atoms with van der Waals surface area (Å²) in [6, 6.07) is 20.8. The number of rotatable bonds is 2. The van der Waals surface area contributed by atoms with Crippen LogP contribution in [0.25, 0.3) is 0 Å². The van der Waals surface area contributed by atoms with Crippen molar-refractivity contribution in [3.05, 3.63) is 60.7 Å². The van der Waals surface area contributed by atoms with E-state index in [1.807, 2.05) is 5.32 Å². The normalized spacial score (nSPS) is 13.2. The minimum absolute atomic E-state index is 0.124. The summed E-state index contributed by atoms with van der Waals surface area (Å²) in [5.41, 5.74) is 0. The fourth-order valence-electron chi connectivity index (χ4n) is 1.38. The van der Waals surface area contributed by atoms with Crippen LogP contribution in [0.3, 0.4) is 0 Å². The Bertz CT molecular complexity index is 521. The molecule has 0 aromatic heterocycles. The number of benzene rings is 2. The summed E-state index contributed by atoms with van der Waals surface area (Å²) in [7, 11) is 0. The summed E-state index contributed by atoms with van der Waals surface area (Å²) >= 11 is 0.757. The maximum atomic E-state index is 10.1. The third-order valence-electron chi connectivity index (χ3n) is 2.25. The van der Waals surface area contributed by atoms with Crippen molar-refractivity contribution in [3.8, 4) is 0 Å². The number of imide groups is 1. The molecule has 0 radical (unpaired) electrons. The number of hydrogen-bond acceptors (Lipinski definition) is 2. The van der Waals surface area contributed by atoms with Crippen LogP contribution in [-0.2, 0) is 24.5 Å². The molecule has 107 valence electrons. The van der Waals surface area contributed by atoms with Gasteiger partial charge in [0, 0.05) is 0 Å². The Morgan fingerprint density at radius 1 is 0.800 bits per heavy atom. The third-order valence-corrected chi connectivity index (χ3v) is 4.10. The predicted octanol–water partition coefficient (Wildman–Crippen LogP) is 0.546. The molecule has 0 aliphatic carbocycles. The van der Waals surface area contributed by atoms with E-state index in [-0.39, 0.29) is 12.5 Å². The first-order valence-electron chi connectivity index (χ1n) is 5.99. The first-order chi connectivity index (χ1) is 9.74. The van der Waals surface area contributed by atoms with Crippen LogP contribution in [-0.4, -0.2) is 18.5 Å². The van der Waals surface area contributed by atoms with Crippen molar-refractivity contribution in [1.29, 1.82) is 0 Å². The second kappa shape index (κ2) is 7.65. The van der Waals surface area contributed by atoms with E-state index in [1.54, 1.807) is 0 Å². The molecule has 3 rings (SSSR count). The van der Waals surface area contributed by atoms with E-state index in [9.17, 15) is 9.59 Å². The molecule has 1 fully saturated rings. The standard InChI is InChI=1S/2C6H5.C3H4N2O2.Ag/c2*1-2-4-6-5-3-1;6-2-1-4-3(7)5-2;/h2*1-5H;1H2,(H2,4,5,6,7);. The van der Waals surface area contributed by atoms with Crippen LogP contribution in [0.1, 0.15) is 0 Å². The van der Waals surface area contributed by atoms with E-state index < -0.39 is 6.03 Å². The van der Waals surface area contributed by atoms with Crippen molar-refractivity contribution in [3.63, 3.8) is 0 Å². The number of amides is 3. The number of carbonyl (C=O) groups excluding carboxylic acids is 2. The fraction of sp³-hybridized carbons (Fsp3) is 0.0667. The van der Waals surface area contributed by atoms with Crippen molar-refractivity contribution < 1.29 is 29.3 Å². The zero-order valence-corrected chi connectivity index (χ0v) is 12.1. The van der Waals surface area contributed by atoms with E-state index in [4.69, 9.17) is 0 Å². The van der Waals surface area contributed by atoms with E-state index in [0.717, 1.165) is 19.8 Å². The minimum atomic E-state index is -0.398. The zero-order chi connectivity index (χ0) is 14.2. The second-order valence-electron chi connectivity index (χ2n) is 3.81. The first-order valence-corrected chi connectivity index (χ1v) is 7.47. The summed E-state index contributed by atoms with van der Waals surface area (Å²) in [6.07, 6.45) is 0. The maximum absolute atomic E-state index is 10.1. The van der Waals surface area contributed by atoms with Crippen molar-refractivity contribution >= 4 is 19.5 Å². The van der Waals surface area contributed by atoms with Gasteiger partial charge in [-0.2, -0.15) is 0 Å². The van der Waals surface area contributed by atoms with Gasteiger partial charge in [-0.25, -0.2) is 4.79 Å². The van der Waals surface area contributed by atoms with Crippen LogP contribution < -0.4 is 18.2 Å². The van der Waals surface area contributed by atoms with Crippen LogP contribution in [0.15, 0.2) is 60.7 Å². The molecule has 1 aliphatic rings. The molecule has 2 aromatic carbocycles. The number of carbonyl (C=O) groups is 2. The quantitative estimate of drug-likeness (QED) is 0.606. The average molecular weight is 362 g/mol. The molecule has 1 aliphatic heterocycles. The van der Waals surface area contributed by atoms with Gasteiger partial charge in [0.15, 0.2) is 0 Å². The van der Waals surface area contributed by atoms with Gasteiger partial charge in [-0.15, -0.1) is 0 Å². The topological polar surface area (TPSA) is 58.2 Å². The van der Waals surface area contributed by atoms with E-state index >= 15 is 0 Å². The van der Waals surface area contributed by atoms with Gasteiger partial charge < -0.3 is 5.32 Å². The number of urea groups is 1. The molecule has 4 nitrogen and oxygen atoms in total. The van der Waals surface area contributed by atoms with Gasteiger partial charge >= 0.3 is 94.0 Å². The molecule has 0 bridgehead atoms. The Morgan fingerprint density at radius 3 is 1.60 bits per heavy atom. The molecule has 0 saturated carbocycles. The molecule has 2 aromatic rings. The van der Waals surface area contributed by atoms with Gasteiger partial charge in [0.25, 0.3) is 0 Å². The predicted molar refractivity (Wildman–Crippen MR) is 73.7 cm³/mol. The van der Waals surface area contributed by atoms with Crippen molar-refractivity contribution in [2.45, 2.75) is 0 Å². The molecule has 0 atom stereocenters. The summed E-state index contributed by atoms with van der Waals surface area (Å²) < 4.78 is 2.80. The molecule has 0 unspecified atom stereocenters. The van der Waals surface area contributed by atoms with Gasteiger partial charge in [-0.3, -0.25) is 10.1 Å². The summed E-state index contributed by atoms with van der Waals surface area (Å²) in [5.74, 6) is -0.259. The van der Waals surface area contributed by atoms with E-state index in [2.05, 4.69) is 66.0 Å². The van der Waals surface area contributed by atoms with Gasteiger partial charge in [0.2, 0.25) is 5.91 Å². The second-order valence-corrected chi connectivity index (χ2v) is 5.89. The van der Waals surface area contributed by atoms with Gasteiger partial charge in [0.1, 0.15) is 0 Å². The molecule has 20 heavy (non-hydrogen) atoms. The van der Waals surface area contributed by atoms with Gasteiger partial charge in [0.05, 0.1) is 6.54 Å². The Balaban J connectivity index is 0.000000178. The fourth-order valence-corrected chi connectivity index (χ4v) is 2.94. The Morgan fingerprint density at radius 2 is 1.30 bits per heavy atom. The van der Waals surface area contributed by atoms with Crippen LogP contribution in [0.2, 0.25) is 0 Å². The number of hydrogen-bond donors (Lipinski definition) is 2. The zero-order valence-electron chi connectivity index (χ0n) is 10.6. The molecular formula is C15H14AgN2O2. The molecule has 2 N–H and O–H groups in total. The van der Waals surface area contributed by atoms with Gasteiger partial charge in [-0.1, -0.05) is 0 Å². The molecular weight excluding hydrogens is 348 g/mol. The van der Waals surface area contributed by atoms with E-state index in [0.29, 0.717) is 0 Å². The molecule has 3 amide bonds. The Hall–Kier alpha value is -1.88. The van der Waals surface area contributed by atoms with Crippen LogP contribution in [0, 0.1) is 0 Å². The molecule has 0 spiro atoms. The van der Waals surface area contributed by atoms with Crippen LogP contribution in [0.4, 0.5) is 4.79 Å². The van der Waals surface area contributed by atoms with Crippen LogP contribution in [0.5, 0.6) is 0 Å². The molecule has 1 saturated heterocycles. The number of nitrogens with one attached hydrogen (secondary N) is 2. The van der Waals surface area contributed by atoms with Crippen molar-refractivity contribution in [2.75, 3.05) is 6.54 Å². The third kappa shape index (κ3) is 5.01. The summed E-state index contributed by atoms with van der Waals surface area (Å²) in [4.78, 5) is 20.1. The van der Waals surface area contributed by atoms with Crippen molar-refractivity contribution in [2.24, 2.45) is 0 Å². The Kier molecular flexibility index (Phi) is 5.55. The summed E-state index contributed by atoms with van der Waals surface area (Å²) in [6.45, 7) is 0.124. The Labute approximate surface area is 126 Å². The van der Waals surface area contributed by atoms with E-state index in [1.165, 1.54) is 7.56 Å². The summed E-state index contributed by atoms with van der Waals surface area (Å²) in [5, 5.41) is 4.30. The molecule has 1 heterocycles. The molecule has 5 heteroatoms. The van der Waals surface area contributed by atoms with Crippen LogP contribution >= 0.6 is 0 Å². The average Bonchev–Trinajstić information content (AvgIpc) is 2.85. The SMILES string of the molecule is O=C1CNC(=O)N1.c1cc[c]([Ag][c]2ccccc2)cc1. The van der Waals surface area contributed by atoms with Gasteiger partial charge in [-0.05, 0) is 0 Å².